The molecule has 0 fully saturated rings. The van der Waals surface area contributed by atoms with Crippen LogP contribution in [0.15, 0.2) is 53.7 Å². The maximum absolute atomic E-state index is 6.19. The van der Waals surface area contributed by atoms with Crippen LogP contribution in [0, 0.1) is 0 Å². The zero-order valence-corrected chi connectivity index (χ0v) is 17.6. The Kier molecular flexibility index (Phi) is 7.69. The minimum atomic E-state index is -0.00388. The van der Waals surface area contributed by atoms with E-state index in [4.69, 9.17) is 16.3 Å². The molecule has 8 heteroatoms. The van der Waals surface area contributed by atoms with E-state index < -0.39 is 0 Å². The molecule has 0 spiro atoms. The van der Waals surface area contributed by atoms with Crippen LogP contribution in [0.3, 0.4) is 0 Å². The monoisotopic (exact) mass is 414 g/mol. The van der Waals surface area contributed by atoms with Crippen molar-refractivity contribution in [3.05, 3.63) is 59.5 Å². The molecular weight excluding hydrogens is 388 g/mol. The van der Waals surface area contributed by atoms with Crippen LogP contribution in [0.5, 0.6) is 5.75 Å². The van der Waals surface area contributed by atoms with Crippen molar-refractivity contribution in [2.45, 2.75) is 32.3 Å². The lowest BCUT2D eigenvalue weighted by molar-refractivity contribution is 0.199. The standard InChI is InChI=1S/C21H27ClN6O/c1-3-16(29-18-10-5-4-9-17(18)22)15-25-21(23-2)24-13-8-12-20-27-26-19-11-6-7-14-28(19)20/h4-7,9-11,14,16H,3,8,12-13,15H2,1-2H3,(H2,23,24,25). The van der Waals surface area contributed by atoms with Gasteiger partial charge in [0.05, 0.1) is 11.6 Å². The number of benzene rings is 1. The Morgan fingerprint density at radius 1 is 1.17 bits per heavy atom. The first-order valence-corrected chi connectivity index (χ1v) is 10.2. The summed E-state index contributed by atoms with van der Waals surface area (Å²) in [7, 11) is 1.76. The first-order chi connectivity index (χ1) is 14.2. The highest BCUT2D eigenvalue weighted by Crippen LogP contribution is 2.24. The highest BCUT2D eigenvalue weighted by molar-refractivity contribution is 6.32. The lowest BCUT2D eigenvalue weighted by atomic mass is 10.2. The molecule has 1 unspecified atom stereocenters. The van der Waals surface area contributed by atoms with Gasteiger partial charge in [0.1, 0.15) is 17.7 Å². The molecule has 0 radical (unpaired) electrons. The summed E-state index contributed by atoms with van der Waals surface area (Å²) < 4.78 is 8.03. The Morgan fingerprint density at radius 3 is 2.79 bits per heavy atom. The fraction of sp³-hybridized carbons (Fsp3) is 0.381. The molecular formula is C21H27ClN6O. The van der Waals surface area contributed by atoms with E-state index in [9.17, 15) is 0 Å². The molecule has 0 bridgehead atoms. The van der Waals surface area contributed by atoms with Crippen molar-refractivity contribution in [1.82, 2.24) is 25.2 Å². The maximum atomic E-state index is 6.19. The fourth-order valence-electron chi connectivity index (χ4n) is 2.94. The second-order valence-electron chi connectivity index (χ2n) is 6.61. The molecule has 3 rings (SSSR count). The average Bonchev–Trinajstić information content (AvgIpc) is 3.16. The smallest absolute Gasteiger partial charge is 0.191 e. The van der Waals surface area contributed by atoms with Gasteiger partial charge >= 0.3 is 0 Å². The van der Waals surface area contributed by atoms with Crippen LogP contribution in [-0.4, -0.2) is 46.8 Å². The van der Waals surface area contributed by atoms with Gasteiger partial charge in [0.2, 0.25) is 0 Å². The first-order valence-electron chi connectivity index (χ1n) is 9.85. The van der Waals surface area contributed by atoms with Gasteiger partial charge < -0.3 is 15.4 Å². The molecule has 0 aliphatic rings. The summed E-state index contributed by atoms with van der Waals surface area (Å²) in [5.41, 5.74) is 0.872. The topological polar surface area (TPSA) is 75.8 Å². The van der Waals surface area contributed by atoms with Crippen LogP contribution in [0.2, 0.25) is 5.02 Å². The molecule has 7 nitrogen and oxygen atoms in total. The SMILES string of the molecule is CCC(CNC(=NC)NCCCc1nnc2ccccn12)Oc1ccccc1Cl. The number of nitrogens with zero attached hydrogens (tertiary/aromatic N) is 4. The Morgan fingerprint density at radius 2 is 2.00 bits per heavy atom. The largest absolute Gasteiger partial charge is 0.487 e. The van der Waals surface area contributed by atoms with Crippen LogP contribution in [0.25, 0.3) is 5.65 Å². The van der Waals surface area contributed by atoms with Crippen molar-refractivity contribution in [2.75, 3.05) is 20.1 Å². The van der Waals surface area contributed by atoms with Crippen molar-refractivity contribution in [3.63, 3.8) is 0 Å². The number of nitrogens with one attached hydrogen (secondary N) is 2. The van der Waals surface area contributed by atoms with Gasteiger partial charge in [0.25, 0.3) is 0 Å². The van der Waals surface area contributed by atoms with Gasteiger partial charge in [0.15, 0.2) is 11.6 Å². The van der Waals surface area contributed by atoms with E-state index in [2.05, 4.69) is 32.7 Å². The molecule has 154 valence electrons. The van der Waals surface area contributed by atoms with Gasteiger partial charge in [-0.25, -0.2) is 0 Å². The predicted molar refractivity (Wildman–Crippen MR) is 117 cm³/mol. The minimum absolute atomic E-state index is 0.00388. The van der Waals surface area contributed by atoms with E-state index in [1.807, 2.05) is 53.1 Å². The van der Waals surface area contributed by atoms with Gasteiger partial charge in [-0.3, -0.25) is 9.39 Å². The summed E-state index contributed by atoms with van der Waals surface area (Å²) >= 11 is 6.19. The average molecular weight is 415 g/mol. The zero-order valence-electron chi connectivity index (χ0n) is 16.8. The fourth-order valence-corrected chi connectivity index (χ4v) is 3.12. The van der Waals surface area contributed by atoms with Crippen molar-refractivity contribution in [3.8, 4) is 5.75 Å². The second-order valence-corrected chi connectivity index (χ2v) is 7.01. The number of aryl methyl sites for hydroxylation is 1. The lowest BCUT2D eigenvalue weighted by Gasteiger charge is -2.20. The molecule has 0 saturated carbocycles. The number of aliphatic imine (C=N–C) groups is 1. The van der Waals surface area contributed by atoms with Crippen LogP contribution in [-0.2, 0) is 6.42 Å². The Labute approximate surface area is 176 Å². The molecule has 0 saturated heterocycles. The number of aromatic nitrogens is 3. The van der Waals surface area contributed by atoms with E-state index in [1.54, 1.807) is 7.05 Å². The lowest BCUT2D eigenvalue weighted by Crippen LogP contribution is -2.42. The van der Waals surface area contributed by atoms with E-state index >= 15 is 0 Å². The van der Waals surface area contributed by atoms with Gasteiger partial charge in [-0.2, -0.15) is 0 Å². The molecule has 0 amide bonds. The maximum Gasteiger partial charge on any atom is 0.191 e. The predicted octanol–water partition coefficient (Wildman–Crippen LogP) is 3.34. The van der Waals surface area contributed by atoms with Crippen LogP contribution >= 0.6 is 11.6 Å². The summed E-state index contributed by atoms with van der Waals surface area (Å²) in [6, 6.07) is 13.4. The minimum Gasteiger partial charge on any atom is -0.487 e. The van der Waals surface area contributed by atoms with Gasteiger partial charge in [-0.15, -0.1) is 10.2 Å². The summed E-state index contributed by atoms with van der Waals surface area (Å²) in [6.45, 7) is 3.50. The zero-order chi connectivity index (χ0) is 20.5. The number of para-hydroxylation sites is 1. The normalized spacial score (nSPS) is 12.7. The first kappa shape index (κ1) is 20.9. The number of fused-ring (bicyclic) bond motifs is 1. The summed E-state index contributed by atoms with van der Waals surface area (Å²) in [5, 5.41) is 15.7. The van der Waals surface area contributed by atoms with E-state index in [0.717, 1.165) is 43.2 Å². The third-order valence-electron chi connectivity index (χ3n) is 4.56. The molecule has 0 aliphatic heterocycles. The third kappa shape index (κ3) is 5.84. The summed E-state index contributed by atoms with van der Waals surface area (Å²) in [4.78, 5) is 4.28. The van der Waals surface area contributed by atoms with E-state index in [1.165, 1.54) is 0 Å². The Balaban J connectivity index is 1.42. The van der Waals surface area contributed by atoms with Crippen molar-refractivity contribution in [1.29, 1.82) is 0 Å². The molecule has 2 heterocycles. The molecule has 2 aromatic heterocycles. The Hall–Kier alpha value is -2.80. The molecule has 1 aromatic carbocycles. The molecule has 1 atom stereocenters. The highest BCUT2D eigenvalue weighted by Gasteiger charge is 2.11. The van der Waals surface area contributed by atoms with E-state index in [-0.39, 0.29) is 6.10 Å². The number of ether oxygens (including phenoxy) is 1. The summed E-state index contributed by atoms with van der Waals surface area (Å²) in [6.07, 6.45) is 4.60. The molecule has 3 aromatic rings. The second kappa shape index (κ2) is 10.7. The van der Waals surface area contributed by atoms with Crippen LogP contribution < -0.4 is 15.4 Å². The van der Waals surface area contributed by atoms with Crippen molar-refractivity contribution in [2.24, 2.45) is 4.99 Å². The van der Waals surface area contributed by atoms with Gasteiger partial charge in [0, 0.05) is 26.2 Å². The van der Waals surface area contributed by atoms with Gasteiger partial charge in [-0.1, -0.05) is 36.7 Å². The number of rotatable bonds is 9. The Bertz CT molecular complexity index is 942. The van der Waals surface area contributed by atoms with Crippen LogP contribution in [0.4, 0.5) is 0 Å². The number of halogens is 1. The van der Waals surface area contributed by atoms with E-state index in [0.29, 0.717) is 17.3 Å². The van der Waals surface area contributed by atoms with Gasteiger partial charge in [-0.05, 0) is 37.1 Å². The summed E-state index contributed by atoms with van der Waals surface area (Å²) in [5.74, 6) is 2.41. The quantitative estimate of drug-likeness (QED) is 0.319. The highest BCUT2D eigenvalue weighted by atomic mass is 35.5. The number of pyridine rings is 1. The molecule has 0 aliphatic carbocycles. The van der Waals surface area contributed by atoms with Crippen molar-refractivity contribution < 1.29 is 4.74 Å². The number of hydrogen-bond donors (Lipinski definition) is 2. The van der Waals surface area contributed by atoms with Crippen LogP contribution in [0.1, 0.15) is 25.6 Å². The number of guanidine groups is 1. The van der Waals surface area contributed by atoms with Crippen molar-refractivity contribution >= 4 is 23.2 Å². The third-order valence-corrected chi connectivity index (χ3v) is 4.87. The molecule has 2 N–H and O–H groups in total. The number of hydrogen-bond acceptors (Lipinski definition) is 4. The molecule has 29 heavy (non-hydrogen) atoms.